The highest BCUT2D eigenvalue weighted by molar-refractivity contribution is 7.07. The summed E-state index contributed by atoms with van der Waals surface area (Å²) in [5, 5.41) is 16.7. The second-order valence-electron chi connectivity index (χ2n) is 8.43. The molecule has 3 heterocycles. The van der Waals surface area contributed by atoms with E-state index in [0.29, 0.717) is 11.6 Å². The van der Waals surface area contributed by atoms with Crippen LogP contribution >= 0.6 is 11.3 Å². The summed E-state index contributed by atoms with van der Waals surface area (Å²) in [6.45, 7) is 3.68. The Bertz CT molecular complexity index is 1390. The summed E-state index contributed by atoms with van der Waals surface area (Å²) in [4.78, 5) is 46.0. The smallest absolute Gasteiger partial charge is 0.345 e. The first kappa shape index (κ1) is 28.8. The molecule has 2 amide bonds. The van der Waals surface area contributed by atoms with Crippen LogP contribution in [0, 0.1) is 11.3 Å². The zero-order chi connectivity index (χ0) is 27.9. The minimum absolute atomic E-state index is 0.0643. The second kappa shape index (κ2) is 12.7. The average Bonchev–Trinajstić information content (AvgIpc) is 3.18. The number of carbonyl (C=O) groups excluding carboxylic acids is 2. The zero-order valence-electron chi connectivity index (χ0n) is 20.8. The van der Waals surface area contributed by atoms with Crippen LogP contribution < -0.4 is 30.7 Å². The minimum Gasteiger partial charge on any atom is -0.345 e. The SMILES string of the molecule is CCn1c(=C(C#N)C(=O)NCC(F)(F)F)sc(=CNc2cccc(NC(=O)CN3CCN(C)CC3)n2)c1=O. The highest BCUT2D eigenvalue weighted by atomic mass is 32.1. The van der Waals surface area contributed by atoms with Gasteiger partial charge in [-0.15, -0.1) is 11.3 Å². The van der Waals surface area contributed by atoms with Crippen molar-refractivity contribution >= 4 is 46.6 Å². The number of aromatic nitrogens is 2. The first-order valence-corrected chi connectivity index (χ1v) is 12.5. The number of thiazole rings is 1. The standard InChI is InChI=1S/C23H27F3N8O3S/c1-3-34-21(37)16(38-22(34)15(11-27)20(36)29-14-23(24,25)26)12-28-17-5-4-6-18(30-17)31-19(35)13-33-9-7-32(2)8-10-33/h4-6,12H,3,7-10,13-14H2,1-2H3,(H,29,36)(H2,28,30,31,35). The number of hydrogen-bond acceptors (Lipinski definition) is 9. The Morgan fingerprint density at radius 1 is 1.21 bits per heavy atom. The number of halogens is 3. The van der Waals surface area contributed by atoms with Crippen molar-refractivity contribution in [2.45, 2.75) is 19.6 Å². The highest BCUT2D eigenvalue weighted by Gasteiger charge is 2.29. The molecule has 204 valence electrons. The Morgan fingerprint density at radius 3 is 2.53 bits per heavy atom. The van der Waals surface area contributed by atoms with Crippen molar-refractivity contribution in [2.75, 3.05) is 56.9 Å². The van der Waals surface area contributed by atoms with Gasteiger partial charge in [0.1, 0.15) is 33.4 Å². The molecule has 0 bridgehead atoms. The van der Waals surface area contributed by atoms with E-state index in [9.17, 15) is 32.8 Å². The van der Waals surface area contributed by atoms with Crippen LogP contribution in [0.15, 0.2) is 23.0 Å². The summed E-state index contributed by atoms with van der Waals surface area (Å²) in [5.74, 6) is -0.816. The van der Waals surface area contributed by atoms with Gasteiger partial charge in [0.15, 0.2) is 5.57 Å². The quantitative estimate of drug-likeness (QED) is 0.407. The monoisotopic (exact) mass is 552 g/mol. The maximum Gasteiger partial charge on any atom is 0.405 e. The lowest BCUT2D eigenvalue weighted by Crippen LogP contribution is -2.47. The lowest BCUT2D eigenvalue weighted by Gasteiger charge is -2.31. The number of nitriles is 1. The van der Waals surface area contributed by atoms with E-state index < -0.39 is 29.8 Å². The number of rotatable bonds is 8. The maximum absolute atomic E-state index is 12.8. The van der Waals surface area contributed by atoms with Crippen LogP contribution in [0.4, 0.5) is 24.8 Å². The molecule has 0 atom stereocenters. The predicted molar refractivity (Wildman–Crippen MR) is 136 cm³/mol. The molecule has 1 fully saturated rings. The Balaban J connectivity index is 1.77. The van der Waals surface area contributed by atoms with Crippen molar-refractivity contribution in [3.8, 4) is 6.07 Å². The van der Waals surface area contributed by atoms with E-state index in [0.717, 1.165) is 42.1 Å². The third-order valence-corrected chi connectivity index (χ3v) is 6.69. The molecule has 0 aliphatic carbocycles. The van der Waals surface area contributed by atoms with Crippen molar-refractivity contribution in [1.82, 2.24) is 24.7 Å². The number of alkyl halides is 3. The first-order chi connectivity index (χ1) is 18.0. The van der Waals surface area contributed by atoms with Crippen molar-refractivity contribution in [1.29, 1.82) is 5.26 Å². The van der Waals surface area contributed by atoms with Gasteiger partial charge in [0.25, 0.3) is 11.5 Å². The molecule has 1 aliphatic rings. The van der Waals surface area contributed by atoms with Gasteiger partial charge in [-0.1, -0.05) is 6.07 Å². The number of hydrogen-bond donors (Lipinski definition) is 3. The number of nitrogens with zero attached hydrogens (tertiary/aromatic N) is 5. The number of anilines is 2. The molecule has 2 aromatic rings. The summed E-state index contributed by atoms with van der Waals surface area (Å²) >= 11 is 0.783. The predicted octanol–water partition coefficient (Wildman–Crippen LogP) is -0.287. The molecule has 3 N–H and O–H groups in total. The summed E-state index contributed by atoms with van der Waals surface area (Å²) in [7, 11) is 2.03. The lowest BCUT2D eigenvalue weighted by molar-refractivity contribution is -0.135. The summed E-state index contributed by atoms with van der Waals surface area (Å²) in [5.41, 5.74) is -1.13. The molecule has 1 aliphatic heterocycles. The number of nitrogens with one attached hydrogen (secondary N) is 3. The van der Waals surface area contributed by atoms with Crippen molar-refractivity contribution in [3.05, 3.63) is 37.7 Å². The van der Waals surface area contributed by atoms with Crippen LogP contribution in [0.5, 0.6) is 0 Å². The van der Waals surface area contributed by atoms with Gasteiger partial charge < -0.3 is 20.9 Å². The lowest BCUT2D eigenvalue weighted by atomic mass is 10.3. The topological polar surface area (TPSA) is 135 Å². The van der Waals surface area contributed by atoms with Crippen LogP contribution in [-0.2, 0) is 16.1 Å². The zero-order valence-corrected chi connectivity index (χ0v) is 21.6. The number of piperazine rings is 1. The van der Waals surface area contributed by atoms with E-state index in [-0.39, 0.29) is 28.2 Å². The normalized spacial score (nSPS) is 16.1. The van der Waals surface area contributed by atoms with Gasteiger partial charge in [0.05, 0.1) is 6.54 Å². The molecule has 0 aromatic carbocycles. The van der Waals surface area contributed by atoms with E-state index in [1.54, 1.807) is 36.5 Å². The number of carbonyl (C=O) groups is 2. The van der Waals surface area contributed by atoms with Gasteiger partial charge in [-0.3, -0.25) is 23.9 Å². The minimum atomic E-state index is -4.65. The second-order valence-corrected chi connectivity index (χ2v) is 9.46. The van der Waals surface area contributed by atoms with Crippen molar-refractivity contribution in [2.24, 2.45) is 0 Å². The van der Waals surface area contributed by atoms with E-state index in [2.05, 4.69) is 20.5 Å². The van der Waals surface area contributed by atoms with Crippen LogP contribution in [0.25, 0.3) is 11.8 Å². The highest BCUT2D eigenvalue weighted by Crippen LogP contribution is 2.12. The Hall–Kier alpha value is -3.74. The molecule has 0 unspecified atom stereocenters. The molecule has 0 radical (unpaired) electrons. The van der Waals surface area contributed by atoms with E-state index in [1.807, 2.05) is 11.9 Å². The van der Waals surface area contributed by atoms with Crippen molar-refractivity contribution < 1.29 is 22.8 Å². The molecule has 0 spiro atoms. The summed E-state index contributed by atoms with van der Waals surface area (Å²) in [6.07, 6.45) is -3.33. The average molecular weight is 553 g/mol. The third kappa shape index (κ3) is 7.88. The number of pyridine rings is 1. The molecule has 15 heteroatoms. The molecule has 0 saturated carbocycles. The van der Waals surface area contributed by atoms with Crippen LogP contribution in [-0.4, -0.2) is 83.7 Å². The van der Waals surface area contributed by atoms with Gasteiger partial charge in [-0.2, -0.15) is 18.4 Å². The number of amides is 2. The molecular formula is C23H27F3N8O3S. The van der Waals surface area contributed by atoms with Crippen LogP contribution in [0.3, 0.4) is 0 Å². The fourth-order valence-electron chi connectivity index (χ4n) is 3.57. The molecule has 3 rings (SSSR count). The Labute approximate surface area is 219 Å². The number of likely N-dealkylation sites (N-methyl/N-ethyl adjacent to an activating group) is 1. The van der Waals surface area contributed by atoms with Crippen LogP contribution in [0.1, 0.15) is 6.92 Å². The molecule has 38 heavy (non-hydrogen) atoms. The van der Waals surface area contributed by atoms with Gasteiger partial charge in [0, 0.05) is 38.9 Å². The van der Waals surface area contributed by atoms with Crippen molar-refractivity contribution in [3.63, 3.8) is 0 Å². The Morgan fingerprint density at radius 2 is 1.89 bits per heavy atom. The Kier molecular flexibility index (Phi) is 9.61. The van der Waals surface area contributed by atoms with E-state index >= 15 is 0 Å². The molecule has 1 saturated heterocycles. The van der Waals surface area contributed by atoms with Gasteiger partial charge in [-0.25, -0.2) is 4.98 Å². The van der Waals surface area contributed by atoms with E-state index in [1.165, 1.54) is 6.20 Å². The fourth-order valence-corrected chi connectivity index (χ4v) is 4.66. The van der Waals surface area contributed by atoms with Gasteiger partial charge in [0.2, 0.25) is 5.91 Å². The summed E-state index contributed by atoms with van der Waals surface area (Å²) < 4.78 is 38.6. The van der Waals surface area contributed by atoms with E-state index in [4.69, 9.17) is 0 Å². The van der Waals surface area contributed by atoms with Gasteiger partial charge in [-0.05, 0) is 26.1 Å². The largest absolute Gasteiger partial charge is 0.405 e. The molecule has 11 nitrogen and oxygen atoms in total. The first-order valence-electron chi connectivity index (χ1n) is 11.6. The fraction of sp³-hybridized carbons (Fsp3) is 0.435. The van der Waals surface area contributed by atoms with Crippen LogP contribution in [0.2, 0.25) is 0 Å². The maximum atomic E-state index is 12.8. The molecular weight excluding hydrogens is 525 g/mol. The molecule has 2 aromatic heterocycles. The summed E-state index contributed by atoms with van der Waals surface area (Å²) in [6, 6.07) is 6.48. The van der Waals surface area contributed by atoms with Gasteiger partial charge >= 0.3 is 6.18 Å². The third-order valence-electron chi connectivity index (χ3n) is 5.56.